The molecule has 12 heteroatoms. The van der Waals surface area contributed by atoms with Crippen molar-refractivity contribution in [1.82, 2.24) is 9.62 Å². The average molecular weight is 576 g/mol. The highest BCUT2D eigenvalue weighted by Gasteiger charge is 2.33. The number of aliphatic hydroxyl groups is 1. The summed E-state index contributed by atoms with van der Waals surface area (Å²) >= 11 is 8.59. The molecule has 0 spiro atoms. The van der Waals surface area contributed by atoms with Crippen molar-refractivity contribution in [3.8, 4) is 0 Å². The summed E-state index contributed by atoms with van der Waals surface area (Å²) in [6.45, 7) is 3.30. The van der Waals surface area contributed by atoms with Crippen molar-refractivity contribution in [3.63, 3.8) is 0 Å². The Labute approximate surface area is 203 Å². The molecular weight excluding hydrogens is 552 g/mol. The Morgan fingerprint density at radius 2 is 1.82 bits per heavy atom. The van der Waals surface area contributed by atoms with Gasteiger partial charge in [0.1, 0.15) is 5.82 Å². The maximum atomic E-state index is 13.7. The molecule has 0 aromatic heterocycles. The van der Waals surface area contributed by atoms with E-state index in [2.05, 4.69) is 21.2 Å². The maximum absolute atomic E-state index is 13.7. The summed E-state index contributed by atoms with van der Waals surface area (Å²) in [6, 6.07) is 6.85. The highest BCUT2D eigenvalue weighted by Crippen LogP contribution is 2.33. The number of nitrogens with zero attached hydrogens (tertiary/aromatic N) is 1. The van der Waals surface area contributed by atoms with Gasteiger partial charge < -0.3 is 10.4 Å². The van der Waals surface area contributed by atoms with Gasteiger partial charge in [-0.05, 0) is 56.2 Å². The summed E-state index contributed by atoms with van der Waals surface area (Å²) in [7, 11) is -3.11. The quantitative estimate of drug-likeness (QED) is 0.420. The number of halogens is 6. The number of alkyl halides is 3. The zero-order chi connectivity index (χ0) is 25.2. The predicted molar refractivity (Wildman–Crippen MR) is 122 cm³/mol. The van der Waals surface area contributed by atoms with E-state index in [1.807, 2.05) is 13.8 Å². The fourth-order valence-corrected chi connectivity index (χ4v) is 5.17. The number of likely N-dealkylation sites (N-methyl/N-ethyl adjacent to an activating group) is 1. The maximum Gasteiger partial charge on any atom is 0.416 e. The highest BCUT2D eigenvalue weighted by molar-refractivity contribution is 9.10. The molecule has 2 aromatic rings. The van der Waals surface area contributed by atoms with Crippen molar-refractivity contribution in [2.24, 2.45) is 0 Å². The second-order valence-corrected chi connectivity index (χ2v) is 11.7. The van der Waals surface area contributed by atoms with Crippen molar-refractivity contribution in [2.75, 3.05) is 20.1 Å². The molecule has 0 heterocycles. The fourth-order valence-electron chi connectivity index (χ4n) is 3.13. The summed E-state index contributed by atoms with van der Waals surface area (Å²) < 4.78 is 79.1. The van der Waals surface area contributed by atoms with Crippen LogP contribution in [0.1, 0.15) is 25.0 Å². The van der Waals surface area contributed by atoms with Crippen molar-refractivity contribution < 1.29 is 31.1 Å². The third kappa shape index (κ3) is 7.90. The smallest absolute Gasteiger partial charge is 0.390 e. The minimum atomic E-state index is -4.71. The van der Waals surface area contributed by atoms with E-state index < -0.39 is 44.1 Å². The number of hydrogen-bond acceptors (Lipinski definition) is 4. The van der Waals surface area contributed by atoms with E-state index in [1.54, 1.807) is 6.07 Å². The normalized spacial score (nSPS) is 14.0. The number of hydrogen-bond donors (Lipinski definition) is 2. The zero-order valence-electron chi connectivity index (χ0n) is 18.0. The number of aliphatic hydroxyl groups excluding tert-OH is 1. The molecule has 0 aliphatic carbocycles. The molecule has 0 amide bonds. The van der Waals surface area contributed by atoms with Crippen LogP contribution in [0.4, 0.5) is 17.6 Å². The van der Waals surface area contributed by atoms with E-state index >= 15 is 0 Å². The van der Waals surface area contributed by atoms with Gasteiger partial charge in [-0.25, -0.2) is 12.8 Å². The van der Waals surface area contributed by atoms with Gasteiger partial charge in [0.2, 0.25) is 10.0 Å². The van der Waals surface area contributed by atoms with Gasteiger partial charge in [-0.15, -0.1) is 0 Å². The standard InChI is InChI=1S/C21H24BrClF4N2O3S/c1-20(2,10-13-4-5-18(23)19(24)6-13)28-11-16(30)12-29(3)33(31,32)17-8-14(21(25,26)27)7-15(22)9-17/h4-9,16,28,30H,10-12H2,1-3H3/t16-/m1/s1. The van der Waals surface area contributed by atoms with E-state index in [0.717, 1.165) is 16.4 Å². The Hall–Kier alpha value is -1.24. The first-order chi connectivity index (χ1) is 15.0. The number of β-amino-alcohol motifs (C(OH)–C–C–N with tert-alkyl or cyclic N) is 1. The lowest BCUT2D eigenvalue weighted by Crippen LogP contribution is -2.47. The van der Waals surface area contributed by atoms with Gasteiger partial charge in [0.05, 0.1) is 21.6 Å². The van der Waals surface area contributed by atoms with Crippen LogP contribution in [0.2, 0.25) is 5.02 Å². The summed E-state index contributed by atoms with van der Waals surface area (Å²) in [6.07, 6.45) is -5.46. The second kappa shape index (κ2) is 10.6. The number of nitrogens with one attached hydrogen (secondary N) is 1. The van der Waals surface area contributed by atoms with E-state index in [9.17, 15) is 31.1 Å². The zero-order valence-corrected chi connectivity index (χ0v) is 21.2. The third-order valence-electron chi connectivity index (χ3n) is 4.82. The van der Waals surface area contributed by atoms with Crippen LogP contribution in [0.3, 0.4) is 0 Å². The van der Waals surface area contributed by atoms with Crippen molar-refractivity contribution in [2.45, 2.75) is 43.0 Å². The van der Waals surface area contributed by atoms with E-state index in [4.69, 9.17) is 11.6 Å². The Morgan fingerprint density at radius 1 is 1.18 bits per heavy atom. The Balaban J connectivity index is 2.03. The summed E-state index contributed by atoms with van der Waals surface area (Å²) in [5, 5.41) is 13.4. The Kier molecular flexibility index (Phi) is 8.97. The molecule has 0 aliphatic heterocycles. The lowest BCUT2D eigenvalue weighted by Gasteiger charge is -2.29. The fraction of sp³-hybridized carbons (Fsp3) is 0.429. The van der Waals surface area contributed by atoms with Crippen LogP contribution in [-0.4, -0.2) is 49.6 Å². The van der Waals surface area contributed by atoms with Gasteiger partial charge >= 0.3 is 6.18 Å². The molecule has 0 saturated heterocycles. The predicted octanol–water partition coefficient (Wildman–Crippen LogP) is 4.85. The highest BCUT2D eigenvalue weighted by atomic mass is 79.9. The number of rotatable bonds is 9. The van der Waals surface area contributed by atoms with Crippen LogP contribution in [0.15, 0.2) is 45.8 Å². The molecule has 0 aliphatic rings. The van der Waals surface area contributed by atoms with Crippen molar-refractivity contribution >= 4 is 37.6 Å². The first kappa shape index (κ1) is 28.0. The van der Waals surface area contributed by atoms with Crippen molar-refractivity contribution in [3.05, 3.63) is 62.8 Å². The SMILES string of the molecule is CN(C[C@H](O)CNC(C)(C)Cc1ccc(Cl)c(F)c1)S(=O)(=O)c1cc(Br)cc(C(F)(F)F)c1. The van der Waals surface area contributed by atoms with E-state index in [-0.39, 0.29) is 22.6 Å². The molecule has 1 atom stereocenters. The molecule has 0 unspecified atom stereocenters. The van der Waals surface area contributed by atoms with Gasteiger partial charge in [0.15, 0.2) is 0 Å². The molecular formula is C21H24BrClF4N2O3S. The Morgan fingerprint density at radius 3 is 2.39 bits per heavy atom. The lowest BCUT2D eigenvalue weighted by molar-refractivity contribution is -0.137. The summed E-state index contributed by atoms with van der Waals surface area (Å²) in [4.78, 5) is -0.544. The summed E-state index contributed by atoms with van der Waals surface area (Å²) in [5.74, 6) is -0.543. The third-order valence-corrected chi connectivity index (χ3v) is 7.39. The molecule has 0 fully saturated rings. The molecule has 0 radical (unpaired) electrons. The van der Waals surface area contributed by atoms with E-state index in [0.29, 0.717) is 18.1 Å². The first-order valence-corrected chi connectivity index (χ1v) is 12.3. The molecule has 2 rings (SSSR count). The average Bonchev–Trinajstić information content (AvgIpc) is 2.68. The van der Waals surface area contributed by atoms with Gasteiger partial charge in [0, 0.05) is 30.1 Å². The largest absolute Gasteiger partial charge is 0.416 e. The minimum absolute atomic E-state index is 0.00474. The van der Waals surface area contributed by atoms with Crippen LogP contribution in [0, 0.1) is 5.82 Å². The molecule has 5 nitrogen and oxygen atoms in total. The van der Waals surface area contributed by atoms with Gasteiger partial charge in [0.25, 0.3) is 0 Å². The van der Waals surface area contributed by atoms with Crippen LogP contribution in [0.5, 0.6) is 0 Å². The second-order valence-electron chi connectivity index (χ2n) is 8.30. The molecule has 2 aromatic carbocycles. The van der Waals surface area contributed by atoms with Gasteiger partial charge in [-0.3, -0.25) is 0 Å². The van der Waals surface area contributed by atoms with Crippen LogP contribution < -0.4 is 5.32 Å². The monoisotopic (exact) mass is 574 g/mol. The minimum Gasteiger partial charge on any atom is -0.390 e. The topological polar surface area (TPSA) is 69.6 Å². The van der Waals surface area contributed by atoms with Crippen molar-refractivity contribution in [1.29, 1.82) is 0 Å². The van der Waals surface area contributed by atoms with Gasteiger partial charge in [-0.1, -0.05) is 33.6 Å². The molecule has 0 bridgehead atoms. The van der Waals surface area contributed by atoms with Gasteiger partial charge in [-0.2, -0.15) is 17.5 Å². The summed E-state index contributed by atoms with van der Waals surface area (Å²) in [5.41, 5.74) is -1.00. The van der Waals surface area contributed by atoms with Crippen LogP contribution in [0.25, 0.3) is 0 Å². The lowest BCUT2D eigenvalue weighted by atomic mass is 9.94. The van der Waals surface area contributed by atoms with Crippen LogP contribution >= 0.6 is 27.5 Å². The van der Waals surface area contributed by atoms with E-state index in [1.165, 1.54) is 19.2 Å². The first-order valence-electron chi connectivity index (χ1n) is 9.72. The molecule has 184 valence electrons. The molecule has 2 N–H and O–H groups in total. The molecule has 0 saturated carbocycles. The number of benzene rings is 2. The Bertz CT molecular complexity index is 1100. The molecule has 33 heavy (non-hydrogen) atoms. The number of sulfonamides is 1. The van der Waals surface area contributed by atoms with Crippen LogP contribution in [-0.2, 0) is 22.6 Å².